The van der Waals surface area contributed by atoms with Gasteiger partial charge in [-0.2, -0.15) is 0 Å². The first-order valence-electron chi connectivity index (χ1n) is 6.25. The van der Waals surface area contributed by atoms with Gasteiger partial charge in [-0.1, -0.05) is 0 Å². The van der Waals surface area contributed by atoms with Gasteiger partial charge in [-0.3, -0.25) is 9.59 Å². The van der Waals surface area contributed by atoms with Gasteiger partial charge >= 0.3 is 5.97 Å². The Morgan fingerprint density at radius 3 is 2.74 bits per heavy atom. The van der Waals surface area contributed by atoms with Crippen LogP contribution in [-0.2, 0) is 9.59 Å². The van der Waals surface area contributed by atoms with Crippen LogP contribution < -0.4 is 5.32 Å². The maximum atomic E-state index is 12.1. The average molecular weight is 346 g/mol. The molecule has 0 aromatic carbocycles. The summed E-state index contributed by atoms with van der Waals surface area (Å²) in [6, 6.07) is 3.87. The maximum Gasteiger partial charge on any atom is 0.306 e. The molecule has 0 bridgehead atoms. The summed E-state index contributed by atoms with van der Waals surface area (Å²) in [6.07, 6.45) is 1.95. The SMILES string of the molecule is CC(C(=O)N[C@@H]1CC[C@H](C(=O)O)C1)c1ccc(Br)s1. The van der Waals surface area contributed by atoms with Gasteiger partial charge in [-0.15, -0.1) is 11.3 Å². The second-order valence-electron chi connectivity index (χ2n) is 4.92. The average Bonchev–Trinajstić information content (AvgIpc) is 2.97. The molecule has 0 radical (unpaired) electrons. The summed E-state index contributed by atoms with van der Waals surface area (Å²) >= 11 is 4.93. The molecule has 2 N–H and O–H groups in total. The summed E-state index contributed by atoms with van der Waals surface area (Å²) in [5, 5.41) is 11.9. The van der Waals surface area contributed by atoms with E-state index in [0.717, 1.165) is 15.1 Å². The Morgan fingerprint density at radius 2 is 2.21 bits per heavy atom. The molecule has 1 aromatic rings. The number of rotatable bonds is 4. The minimum atomic E-state index is -0.757. The molecule has 0 aliphatic heterocycles. The lowest BCUT2D eigenvalue weighted by Crippen LogP contribution is -2.36. The molecular weight excluding hydrogens is 330 g/mol. The van der Waals surface area contributed by atoms with E-state index in [0.29, 0.717) is 12.8 Å². The molecule has 1 heterocycles. The second-order valence-corrected chi connectivity index (χ2v) is 7.41. The largest absolute Gasteiger partial charge is 0.481 e. The molecule has 0 saturated heterocycles. The van der Waals surface area contributed by atoms with Crippen LogP contribution in [0.2, 0.25) is 0 Å². The number of hydrogen-bond donors (Lipinski definition) is 2. The molecule has 19 heavy (non-hydrogen) atoms. The highest BCUT2D eigenvalue weighted by atomic mass is 79.9. The monoisotopic (exact) mass is 345 g/mol. The predicted molar refractivity (Wildman–Crippen MR) is 77.3 cm³/mol. The number of amides is 1. The van der Waals surface area contributed by atoms with Crippen molar-refractivity contribution in [3.05, 3.63) is 20.8 Å². The van der Waals surface area contributed by atoms with Crippen LogP contribution in [0, 0.1) is 5.92 Å². The highest BCUT2D eigenvalue weighted by molar-refractivity contribution is 9.11. The molecule has 1 amide bonds. The zero-order valence-corrected chi connectivity index (χ0v) is 13.0. The zero-order chi connectivity index (χ0) is 14.0. The number of carboxylic acids is 1. The molecule has 1 aliphatic rings. The molecule has 2 rings (SSSR count). The van der Waals surface area contributed by atoms with Gasteiger partial charge in [0, 0.05) is 10.9 Å². The molecule has 6 heteroatoms. The van der Waals surface area contributed by atoms with E-state index in [1.165, 1.54) is 0 Å². The van der Waals surface area contributed by atoms with Gasteiger partial charge in [-0.25, -0.2) is 0 Å². The third-order valence-electron chi connectivity index (χ3n) is 3.54. The number of carbonyl (C=O) groups is 2. The van der Waals surface area contributed by atoms with E-state index in [1.807, 2.05) is 19.1 Å². The van der Waals surface area contributed by atoms with E-state index in [9.17, 15) is 9.59 Å². The van der Waals surface area contributed by atoms with Crippen molar-refractivity contribution in [1.29, 1.82) is 0 Å². The minimum Gasteiger partial charge on any atom is -0.481 e. The molecule has 1 unspecified atom stereocenters. The summed E-state index contributed by atoms with van der Waals surface area (Å²) in [7, 11) is 0. The van der Waals surface area contributed by atoms with Crippen molar-refractivity contribution in [1.82, 2.24) is 5.32 Å². The van der Waals surface area contributed by atoms with Crippen LogP contribution >= 0.6 is 27.3 Å². The summed E-state index contributed by atoms with van der Waals surface area (Å²) < 4.78 is 1.01. The van der Waals surface area contributed by atoms with Crippen molar-refractivity contribution >= 4 is 39.1 Å². The highest BCUT2D eigenvalue weighted by Gasteiger charge is 2.31. The van der Waals surface area contributed by atoms with Crippen LogP contribution in [0.1, 0.15) is 37.0 Å². The lowest BCUT2D eigenvalue weighted by molar-refractivity contribution is -0.141. The number of aliphatic carboxylic acids is 1. The molecule has 1 saturated carbocycles. The number of halogens is 1. The molecule has 1 aromatic heterocycles. The molecule has 3 atom stereocenters. The van der Waals surface area contributed by atoms with E-state index < -0.39 is 5.97 Å². The van der Waals surface area contributed by atoms with Crippen LogP contribution in [0.3, 0.4) is 0 Å². The molecular formula is C13H16BrNO3S. The number of carboxylic acid groups (broad SMARTS) is 1. The molecule has 1 aliphatic carbocycles. The normalized spacial score (nSPS) is 24.1. The quantitative estimate of drug-likeness (QED) is 0.881. The Hall–Kier alpha value is -0.880. The summed E-state index contributed by atoms with van der Waals surface area (Å²) in [5.41, 5.74) is 0. The van der Waals surface area contributed by atoms with Gasteiger partial charge in [0.15, 0.2) is 0 Å². The standard InChI is InChI=1S/C13H16BrNO3S/c1-7(10-4-5-11(14)19-10)12(16)15-9-3-2-8(6-9)13(17)18/h4-5,7-9H,2-3,6H2,1H3,(H,15,16)(H,17,18)/t7?,8-,9+/m0/s1. The number of nitrogens with one attached hydrogen (secondary N) is 1. The molecule has 4 nitrogen and oxygen atoms in total. The van der Waals surface area contributed by atoms with E-state index in [-0.39, 0.29) is 23.8 Å². The smallest absolute Gasteiger partial charge is 0.306 e. The van der Waals surface area contributed by atoms with E-state index in [2.05, 4.69) is 21.2 Å². The third kappa shape index (κ3) is 3.57. The van der Waals surface area contributed by atoms with Crippen molar-refractivity contribution in [2.24, 2.45) is 5.92 Å². The highest BCUT2D eigenvalue weighted by Crippen LogP contribution is 2.30. The van der Waals surface area contributed by atoms with Gasteiger partial charge < -0.3 is 10.4 Å². The zero-order valence-electron chi connectivity index (χ0n) is 10.6. The lowest BCUT2D eigenvalue weighted by atomic mass is 10.1. The van der Waals surface area contributed by atoms with E-state index in [4.69, 9.17) is 5.11 Å². The van der Waals surface area contributed by atoms with E-state index >= 15 is 0 Å². The van der Waals surface area contributed by atoms with Crippen LogP contribution in [0.5, 0.6) is 0 Å². The molecule has 104 valence electrons. The summed E-state index contributed by atoms with van der Waals surface area (Å²) in [5.74, 6) is -1.28. The van der Waals surface area contributed by atoms with Crippen LogP contribution in [0.15, 0.2) is 15.9 Å². The minimum absolute atomic E-state index is 0.000507. The van der Waals surface area contributed by atoms with Gasteiger partial charge in [-0.05, 0) is 54.2 Å². The third-order valence-corrected chi connectivity index (χ3v) is 5.35. The van der Waals surface area contributed by atoms with Gasteiger partial charge in [0.25, 0.3) is 0 Å². The first kappa shape index (κ1) is 14.5. The van der Waals surface area contributed by atoms with Crippen LogP contribution in [-0.4, -0.2) is 23.0 Å². The Balaban J connectivity index is 1.89. The summed E-state index contributed by atoms with van der Waals surface area (Å²) in [6.45, 7) is 1.87. The van der Waals surface area contributed by atoms with E-state index in [1.54, 1.807) is 11.3 Å². The first-order chi connectivity index (χ1) is 8.97. The summed E-state index contributed by atoms with van der Waals surface area (Å²) in [4.78, 5) is 24.0. The Labute approximate surface area is 124 Å². The van der Waals surface area contributed by atoms with Crippen LogP contribution in [0.4, 0.5) is 0 Å². The Bertz CT molecular complexity index is 488. The van der Waals surface area contributed by atoms with Gasteiger partial charge in [0.1, 0.15) is 0 Å². The fourth-order valence-electron chi connectivity index (χ4n) is 2.35. The van der Waals surface area contributed by atoms with Crippen molar-refractivity contribution in [3.63, 3.8) is 0 Å². The van der Waals surface area contributed by atoms with Crippen molar-refractivity contribution in [3.8, 4) is 0 Å². The number of carbonyl (C=O) groups excluding carboxylic acids is 1. The van der Waals surface area contributed by atoms with Crippen molar-refractivity contribution in [2.75, 3.05) is 0 Å². The predicted octanol–water partition coefficient (Wildman–Crippen LogP) is 2.98. The van der Waals surface area contributed by atoms with Gasteiger partial charge in [0.2, 0.25) is 5.91 Å². The van der Waals surface area contributed by atoms with Gasteiger partial charge in [0.05, 0.1) is 15.6 Å². The topological polar surface area (TPSA) is 66.4 Å². The maximum absolute atomic E-state index is 12.1. The Morgan fingerprint density at radius 1 is 1.47 bits per heavy atom. The second kappa shape index (κ2) is 6.05. The fraction of sp³-hybridized carbons (Fsp3) is 0.538. The lowest BCUT2D eigenvalue weighted by Gasteiger charge is -2.16. The number of thiophene rings is 1. The molecule has 0 spiro atoms. The fourth-order valence-corrected chi connectivity index (χ4v) is 3.83. The Kier molecular flexibility index (Phi) is 4.62. The first-order valence-corrected chi connectivity index (χ1v) is 7.86. The molecule has 1 fully saturated rings. The van der Waals surface area contributed by atoms with Crippen molar-refractivity contribution < 1.29 is 14.7 Å². The van der Waals surface area contributed by atoms with Crippen molar-refractivity contribution in [2.45, 2.75) is 38.1 Å². The van der Waals surface area contributed by atoms with Crippen LogP contribution in [0.25, 0.3) is 0 Å². The number of hydrogen-bond acceptors (Lipinski definition) is 3.